The normalized spacial score (nSPS) is 14.1. The average molecular weight is 537 g/mol. The number of carbonyl (C=O) groups excluding carboxylic acids is 1. The Balaban J connectivity index is 1.62. The van der Waals surface area contributed by atoms with Crippen LogP contribution in [-0.2, 0) is 41.4 Å². The van der Waals surface area contributed by atoms with E-state index in [2.05, 4.69) is 4.98 Å². The van der Waals surface area contributed by atoms with Crippen molar-refractivity contribution in [3.05, 3.63) is 88.4 Å². The van der Waals surface area contributed by atoms with E-state index in [1.54, 1.807) is 4.90 Å². The summed E-state index contributed by atoms with van der Waals surface area (Å²) < 4.78 is 78.1. The van der Waals surface area contributed by atoms with Crippen molar-refractivity contribution >= 4 is 28.3 Å². The molecule has 2 heterocycles. The number of rotatable bonds is 8. The molecule has 37 heavy (non-hydrogen) atoms. The van der Waals surface area contributed by atoms with E-state index < -0.39 is 40.4 Å². The van der Waals surface area contributed by atoms with Gasteiger partial charge in [0.2, 0.25) is 16.8 Å². The summed E-state index contributed by atoms with van der Waals surface area (Å²) in [6.07, 6.45) is -4.40. The van der Waals surface area contributed by atoms with Crippen molar-refractivity contribution in [3.63, 3.8) is 0 Å². The maximum atomic E-state index is 14.6. The number of hydrogen-bond donors (Lipinski definition) is 2. The van der Waals surface area contributed by atoms with Gasteiger partial charge >= 0.3 is 6.18 Å². The number of nitrogens with two attached hydrogens (primary N) is 1. The van der Waals surface area contributed by atoms with Gasteiger partial charge in [-0.2, -0.15) is 13.2 Å². The van der Waals surface area contributed by atoms with E-state index in [1.807, 2.05) is 24.3 Å². The number of amides is 1. The Morgan fingerprint density at radius 3 is 2.30 bits per heavy atom. The second kappa shape index (κ2) is 10.4. The zero-order valence-corrected chi connectivity index (χ0v) is 20.6. The molecule has 1 aliphatic rings. The van der Waals surface area contributed by atoms with Gasteiger partial charge in [0, 0.05) is 20.1 Å². The topological polar surface area (TPSA) is 96.6 Å². The monoisotopic (exact) mass is 536 g/mol. The van der Waals surface area contributed by atoms with Crippen LogP contribution in [0.1, 0.15) is 40.3 Å². The number of aryl methyl sites for hydroxylation is 1. The van der Waals surface area contributed by atoms with Crippen molar-refractivity contribution in [1.82, 2.24) is 4.98 Å². The first-order valence-corrected chi connectivity index (χ1v) is 12.4. The molecular formula is C25H24F4N4O3S. The van der Waals surface area contributed by atoms with E-state index in [0.29, 0.717) is 18.7 Å². The van der Waals surface area contributed by atoms with Crippen LogP contribution < -0.4 is 14.9 Å². The van der Waals surface area contributed by atoms with Crippen LogP contribution in [0.4, 0.5) is 29.1 Å². The fourth-order valence-electron chi connectivity index (χ4n) is 4.45. The number of alkyl halides is 3. The first kappa shape index (κ1) is 26.4. The third-order valence-corrected chi connectivity index (χ3v) is 7.11. The molecule has 0 saturated heterocycles. The standard InChI is InChI=1S/C25H24F4N4O3S/c1-32(37(35)36)21-10-7-16(12-20(21)26)19(23(30)34)9-6-15-8-11-22(25(27,28)29)31-24(15)33-13-17-4-2-3-5-18(17)14-33/h2-5,7-8,10-12,19,37H,6,9,13-14H2,1H3,(H2,30,34). The van der Waals surface area contributed by atoms with Gasteiger partial charge in [-0.25, -0.2) is 17.8 Å². The SMILES string of the molecule is CN(c1ccc(C(CCc2ccc(C(F)(F)F)nc2N2Cc3ccccc3C2)C(N)=O)cc1F)[SH](=O)=O. The average Bonchev–Trinajstić information content (AvgIpc) is 3.27. The number of aromatic nitrogens is 1. The lowest BCUT2D eigenvalue weighted by atomic mass is 9.91. The molecule has 0 radical (unpaired) electrons. The predicted molar refractivity (Wildman–Crippen MR) is 131 cm³/mol. The maximum absolute atomic E-state index is 14.6. The lowest BCUT2D eigenvalue weighted by molar-refractivity contribution is -0.141. The molecule has 0 spiro atoms. The Kier molecular flexibility index (Phi) is 7.39. The first-order chi connectivity index (χ1) is 17.5. The van der Waals surface area contributed by atoms with Gasteiger partial charge in [-0.05, 0) is 53.3 Å². The van der Waals surface area contributed by atoms with Gasteiger partial charge < -0.3 is 10.6 Å². The molecule has 1 unspecified atom stereocenters. The number of anilines is 2. The minimum Gasteiger partial charge on any atom is -0.369 e. The highest BCUT2D eigenvalue weighted by atomic mass is 32.2. The second-order valence-corrected chi connectivity index (χ2v) is 9.84. The van der Waals surface area contributed by atoms with E-state index in [-0.39, 0.29) is 29.9 Å². The number of halogens is 4. The zero-order valence-electron chi connectivity index (χ0n) is 19.7. The van der Waals surface area contributed by atoms with E-state index in [9.17, 15) is 30.8 Å². The van der Waals surface area contributed by atoms with Crippen LogP contribution in [-0.4, -0.2) is 26.4 Å². The highest BCUT2D eigenvalue weighted by Gasteiger charge is 2.34. The summed E-state index contributed by atoms with van der Waals surface area (Å²) in [6.45, 7) is 0.776. The molecule has 0 fully saturated rings. The van der Waals surface area contributed by atoms with Crippen molar-refractivity contribution < 1.29 is 30.8 Å². The lowest BCUT2D eigenvalue weighted by Gasteiger charge is -2.23. The zero-order chi connectivity index (χ0) is 26.9. The van der Waals surface area contributed by atoms with E-state index >= 15 is 0 Å². The molecular weight excluding hydrogens is 512 g/mol. The molecule has 196 valence electrons. The van der Waals surface area contributed by atoms with Crippen LogP contribution in [0.15, 0.2) is 54.6 Å². The molecule has 1 aromatic heterocycles. The Morgan fingerprint density at radius 1 is 1.11 bits per heavy atom. The fraction of sp³-hybridized carbons (Fsp3) is 0.280. The molecule has 2 N–H and O–H groups in total. The number of benzene rings is 2. The van der Waals surface area contributed by atoms with E-state index in [0.717, 1.165) is 27.6 Å². The third-order valence-electron chi connectivity index (χ3n) is 6.40. The third kappa shape index (κ3) is 5.68. The van der Waals surface area contributed by atoms with Gasteiger partial charge in [0.05, 0.1) is 11.6 Å². The minimum atomic E-state index is -4.63. The summed E-state index contributed by atoms with van der Waals surface area (Å²) in [7, 11) is -1.87. The summed E-state index contributed by atoms with van der Waals surface area (Å²) in [5.74, 6) is -2.39. The molecule has 7 nitrogen and oxygen atoms in total. The second-order valence-electron chi connectivity index (χ2n) is 8.77. The number of thiol groups is 1. The number of fused-ring (bicyclic) bond motifs is 1. The molecule has 1 atom stereocenters. The van der Waals surface area contributed by atoms with E-state index in [1.165, 1.54) is 25.2 Å². The lowest BCUT2D eigenvalue weighted by Crippen LogP contribution is -2.24. The number of carbonyl (C=O) groups is 1. The van der Waals surface area contributed by atoms with Crippen molar-refractivity contribution in [2.45, 2.75) is 38.0 Å². The maximum Gasteiger partial charge on any atom is 0.433 e. The minimum absolute atomic E-state index is 0.0839. The summed E-state index contributed by atoms with van der Waals surface area (Å²) in [4.78, 5) is 17.9. The predicted octanol–water partition coefficient (Wildman–Crippen LogP) is 3.92. The van der Waals surface area contributed by atoms with E-state index in [4.69, 9.17) is 5.73 Å². The van der Waals surface area contributed by atoms with Gasteiger partial charge in [-0.15, -0.1) is 0 Å². The first-order valence-electron chi connectivity index (χ1n) is 11.3. The van der Waals surface area contributed by atoms with Crippen molar-refractivity contribution in [1.29, 1.82) is 0 Å². The molecule has 0 aliphatic carbocycles. The quantitative estimate of drug-likeness (QED) is 0.336. The van der Waals surface area contributed by atoms with Crippen LogP contribution in [0.5, 0.6) is 0 Å². The molecule has 2 aromatic carbocycles. The highest BCUT2D eigenvalue weighted by Crippen LogP contribution is 2.35. The van der Waals surface area contributed by atoms with Gasteiger partial charge in [0.1, 0.15) is 17.3 Å². The van der Waals surface area contributed by atoms with Crippen LogP contribution >= 0.6 is 0 Å². The van der Waals surface area contributed by atoms with Crippen LogP contribution in [0.25, 0.3) is 0 Å². The molecule has 12 heteroatoms. The number of primary amides is 1. The summed E-state index contributed by atoms with van der Waals surface area (Å²) in [5, 5.41) is 0. The summed E-state index contributed by atoms with van der Waals surface area (Å²) >= 11 is 0. The highest BCUT2D eigenvalue weighted by molar-refractivity contribution is 7.74. The van der Waals surface area contributed by atoms with Crippen LogP contribution in [0.3, 0.4) is 0 Å². The van der Waals surface area contributed by atoms with Crippen molar-refractivity contribution in [2.24, 2.45) is 5.73 Å². The number of hydrogen-bond acceptors (Lipinski definition) is 5. The van der Waals surface area contributed by atoms with Crippen molar-refractivity contribution in [3.8, 4) is 0 Å². The summed E-state index contributed by atoms with van der Waals surface area (Å²) in [6, 6.07) is 13.5. The van der Waals surface area contributed by atoms with Gasteiger partial charge in [0.15, 0.2) is 0 Å². The van der Waals surface area contributed by atoms with Crippen LogP contribution in [0.2, 0.25) is 0 Å². The smallest absolute Gasteiger partial charge is 0.369 e. The number of nitrogens with zero attached hydrogens (tertiary/aromatic N) is 3. The molecule has 1 aliphatic heterocycles. The molecule has 0 saturated carbocycles. The van der Waals surface area contributed by atoms with Crippen molar-refractivity contribution in [2.75, 3.05) is 16.3 Å². The Morgan fingerprint density at radius 2 is 1.76 bits per heavy atom. The number of pyridine rings is 1. The van der Waals surface area contributed by atoms with Gasteiger partial charge in [-0.3, -0.25) is 9.10 Å². The molecule has 0 bridgehead atoms. The fourth-order valence-corrected chi connectivity index (χ4v) is 4.79. The Hall–Kier alpha value is -3.67. The van der Waals surface area contributed by atoms with Crippen LogP contribution in [0, 0.1) is 5.82 Å². The summed E-state index contributed by atoms with van der Waals surface area (Å²) in [5.41, 5.74) is 7.08. The Labute approximate surface area is 212 Å². The largest absolute Gasteiger partial charge is 0.433 e. The van der Waals surface area contributed by atoms with Gasteiger partial charge in [0.25, 0.3) is 0 Å². The Bertz CT molecular complexity index is 1380. The van der Waals surface area contributed by atoms with Gasteiger partial charge in [-0.1, -0.05) is 36.4 Å². The molecule has 1 amide bonds. The molecule has 4 rings (SSSR count). The molecule has 3 aromatic rings.